The number of ether oxygens (including phenoxy) is 1. The van der Waals surface area contributed by atoms with E-state index in [9.17, 15) is 9.59 Å². The van der Waals surface area contributed by atoms with Gasteiger partial charge in [0.25, 0.3) is 5.91 Å². The number of methoxy groups -OCH3 is 1. The van der Waals surface area contributed by atoms with Crippen molar-refractivity contribution in [1.82, 2.24) is 10.2 Å². The van der Waals surface area contributed by atoms with E-state index in [1.54, 1.807) is 32.4 Å². The highest BCUT2D eigenvalue weighted by Gasteiger charge is 2.10. The van der Waals surface area contributed by atoms with Gasteiger partial charge in [0.15, 0.2) is 0 Å². The average molecular weight is 366 g/mol. The van der Waals surface area contributed by atoms with Crippen molar-refractivity contribution in [1.29, 1.82) is 0 Å². The number of carbonyl (C=O) groups is 1. The number of amides is 1. The van der Waals surface area contributed by atoms with E-state index in [0.717, 1.165) is 16.5 Å². The summed E-state index contributed by atoms with van der Waals surface area (Å²) in [6, 6.07) is 14.5. The van der Waals surface area contributed by atoms with Crippen molar-refractivity contribution < 1.29 is 13.9 Å². The van der Waals surface area contributed by atoms with Crippen LogP contribution in [0.2, 0.25) is 0 Å². The standard InChI is InChI=1S/C21H22N2O4/c1-22-21(25)15-6-4-14(5-7-15)12-23(2)13-16-10-20(24)27-19-11-17(26-3)8-9-18(16)19/h4-11H,12-13H2,1-3H3,(H,22,25). The van der Waals surface area contributed by atoms with Crippen LogP contribution in [0.3, 0.4) is 0 Å². The fourth-order valence-electron chi connectivity index (χ4n) is 3.03. The van der Waals surface area contributed by atoms with E-state index in [2.05, 4.69) is 10.2 Å². The van der Waals surface area contributed by atoms with Gasteiger partial charge >= 0.3 is 5.63 Å². The van der Waals surface area contributed by atoms with Crippen molar-refractivity contribution in [2.45, 2.75) is 13.1 Å². The normalized spacial score (nSPS) is 11.0. The van der Waals surface area contributed by atoms with Crippen LogP contribution < -0.4 is 15.7 Å². The Hall–Kier alpha value is -3.12. The second-order valence-corrected chi connectivity index (χ2v) is 6.40. The van der Waals surface area contributed by atoms with Crippen molar-refractivity contribution in [3.8, 4) is 5.75 Å². The van der Waals surface area contributed by atoms with Crippen LogP contribution >= 0.6 is 0 Å². The van der Waals surface area contributed by atoms with Gasteiger partial charge in [0.2, 0.25) is 0 Å². The monoisotopic (exact) mass is 366 g/mol. The summed E-state index contributed by atoms with van der Waals surface area (Å²) in [6.07, 6.45) is 0. The van der Waals surface area contributed by atoms with Crippen molar-refractivity contribution in [2.24, 2.45) is 0 Å². The van der Waals surface area contributed by atoms with Gasteiger partial charge in [0.1, 0.15) is 11.3 Å². The molecule has 0 aliphatic rings. The molecule has 0 fully saturated rings. The van der Waals surface area contributed by atoms with E-state index in [0.29, 0.717) is 30.0 Å². The lowest BCUT2D eigenvalue weighted by Crippen LogP contribution is -2.19. The number of benzene rings is 2. The molecular formula is C21H22N2O4. The molecule has 1 aromatic heterocycles. The molecule has 0 saturated carbocycles. The third-order valence-electron chi connectivity index (χ3n) is 4.37. The Balaban J connectivity index is 1.78. The Labute approximate surface area is 157 Å². The van der Waals surface area contributed by atoms with Crippen LogP contribution in [0.1, 0.15) is 21.5 Å². The van der Waals surface area contributed by atoms with Crippen molar-refractivity contribution >= 4 is 16.9 Å². The summed E-state index contributed by atoms with van der Waals surface area (Å²) >= 11 is 0. The van der Waals surface area contributed by atoms with Gasteiger partial charge in [0, 0.05) is 43.2 Å². The van der Waals surface area contributed by atoms with E-state index in [-0.39, 0.29) is 11.5 Å². The van der Waals surface area contributed by atoms with Crippen molar-refractivity contribution in [2.75, 3.05) is 21.2 Å². The third-order valence-corrected chi connectivity index (χ3v) is 4.37. The number of nitrogens with zero attached hydrogens (tertiary/aromatic N) is 1. The van der Waals surface area contributed by atoms with Gasteiger partial charge in [-0.1, -0.05) is 12.1 Å². The van der Waals surface area contributed by atoms with E-state index >= 15 is 0 Å². The summed E-state index contributed by atoms with van der Waals surface area (Å²) in [6.45, 7) is 1.28. The average Bonchev–Trinajstić information content (AvgIpc) is 2.67. The first-order valence-electron chi connectivity index (χ1n) is 8.60. The first-order chi connectivity index (χ1) is 13.0. The first-order valence-corrected chi connectivity index (χ1v) is 8.60. The Kier molecular flexibility index (Phi) is 5.57. The van der Waals surface area contributed by atoms with Crippen molar-refractivity contribution in [3.63, 3.8) is 0 Å². The molecule has 0 aliphatic carbocycles. The van der Waals surface area contributed by atoms with Crippen molar-refractivity contribution in [3.05, 3.63) is 75.6 Å². The summed E-state index contributed by atoms with van der Waals surface area (Å²) in [4.78, 5) is 25.6. The molecular weight excluding hydrogens is 344 g/mol. The molecule has 0 radical (unpaired) electrons. The van der Waals surface area contributed by atoms with Gasteiger partial charge in [-0.25, -0.2) is 4.79 Å². The maximum atomic E-state index is 11.9. The molecule has 0 bridgehead atoms. The molecule has 6 heteroatoms. The number of carbonyl (C=O) groups excluding carboxylic acids is 1. The Bertz CT molecular complexity index is 1010. The molecule has 6 nitrogen and oxygen atoms in total. The molecule has 0 unspecified atom stereocenters. The van der Waals surface area contributed by atoms with Gasteiger partial charge in [-0.15, -0.1) is 0 Å². The molecule has 27 heavy (non-hydrogen) atoms. The van der Waals surface area contributed by atoms with Crippen LogP contribution in [-0.2, 0) is 13.1 Å². The number of nitrogens with one attached hydrogen (secondary N) is 1. The maximum Gasteiger partial charge on any atom is 0.336 e. The summed E-state index contributed by atoms with van der Waals surface area (Å²) in [7, 11) is 5.17. The fraction of sp³-hybridized carbons (Fsp3) is 0.238. The Morgan fingerprint density at radius 1 is 1.11 bits per heavy atom. The molecule has 1 N–H and O–H groups in total. The zero-order valence-corrected chi connectivity index (χ0v) is 15.6. The second-order valence-electron chi connectivity index (χ2n) is 6.40. The topological polar surface area (TPSA) is 71.8 Å². The van der Waals surface area contributed by atoms with Crippen LogP contribution in [-0.4, -0.2) is 32.0 Å². The zero-order valence-electron chi connectivity index (χ0n) is 15.6. The summed E-state index contributed by atoms with van der Waals surface area (Å²) in [5.41, 5.74) is 2.74. The lowest BCUT2D eigenvalue weighted by Gasteiger charge is -2.18. The lowest BCUT2D eigenvalue weighted by atomic mass is 10.1. The molecule has 1 amide bonds. The number of hydrogen-bond acceptors (Lipinski definition) is 5. The summed E-state index contributed by atoms with van der Waals surface area (Å²) in [5, 5.41) is 3.49. The number of rotatable bonds is 6. The van der Waals surface area contributed by atoms with Crippen LogP contribution in [0, 0.1) is 0 Å². The van der Waals surface area contributed by atoms with Gasteiger partial charge in [-0.05, 0) is 42.4 Å². The molecule has 140 valence electrons. The second kappa shape index (κ2) is 8.05. The van der Waals surface area contributed by atoms with Crippen LogP contribution in [0.15, 0.2) is 57.7 Å². The molecule has 0 spiro atoms. The minimum atomic E-state index is -0.380. The van der Waals surface area contributed by atoms with E-state index in [4.69, 9.17) is 9.15 Å². The smallest absolute Gasteiger partial charge is 0.336 e. The summed E-state index contributed by atoms with van der Waals surface area (Å²) in [5.74, 6) is 0.542. The first kappa shape index (κ1) is 18.7. The molecule has 0 atom stereocenters. The van der Waals surface area contributed by atoms with Crippen LogP contribution in [0.4, 0.5) is 0 Å². The van der Waals surface area contributed by atoms with Gasteiger partial charge < -0.3 is 14.5 Å². The molecule has 2 aromatic carbocycles. The molecule has 3 aromatic rings. The maximum absolute atomic E-state index is 11.9. The SMILES string of the molecule is CNC(=O)c1ccc(CN(C)Cc2cc(=O)oc3cc(OC)ccc23)cc1. The van der Waals surface area contributed by atoms with Gasteiger partial charge in [-0.3, -0.25) is 9.69 Å². The molecule has 3 rings (SSSR count). The largest absolute Gasteiger partial charge is 0.497 e. The quantitative estimate of drug-likeness (QED) is 0.679. The molecule has 0 saturated heterocycles. The van der Waals surface area contributed by atoms with Gasteiger partial charge in [0.05, 0.1) is 7.11 Å². The Morgan fingerprint density at radius 3 is 2.52 bits per heavy atom. The lowest BCUT2D eigenvalue weighted by molar-refractivity contribution is 0.0963. The zero-order chi connectivity index (χ0) is 19.4. The summed E-state index contributed by atoms with van der Waals surface area (Å²) < 4.78 is 10.5. The fourth-order valence-corrected chi connectivity index (χ4v) is 3.03. The van der Waals surface area contributed by atoms with E-state index in [1.165, 1.54) is 6.07 Å². The third kappa shape index (κ3) is 4.35. The Morgan fingerprint density at radius 2 is 1.85 bits per heavy atom. The van der Waals surface area contributed by atoms with Gasteiger partial charge in [-0.2, -0.15) is 0 Å². The van der Waals surface area contributed by atoms with E-state index in [1.807, 2.05) is 31.3 Å². The van der Waals surface area contributed by atoms with Crippen LogP contribution in [0.25, 0.3) is 11.0 Å². The predicted octanol–water partition coefficient (Wildman–Crippen LogP) is 2.79. The highest BCUT2D eigenvalue weighted by Crippen LogP contribution is 2.23. The van der Waals surface area contributed by atoms with E-state index < -0.39 is 0 Å². The highest BCUT2D eigenvalue weighted by molar-refractivity contribution is 5.93. The minimum Gasteiger partial charge on any atom is -0.497 e. The minimum absolute atomic E-state index is 0.104. The van der Waals surface area contributed by atoms with Crippen LogP contribution in [0.5, 0.6) is 5.75 Å². The number of fused-ring (bicyclic) bond motifs is 1. The predicted molar refractivity (Wildman–Crippen MR) is 104 cm³/mol. The molecule has 0 aliphatic heterocycles. The molecule has 1 heterocycles. The highest BCUT2D eigenvalue weighted by atomic mass is 16.5. The number of hydrogen-bond donors (Lipinski definition) is 1.